The maximum Gasteiger partial charge on any atom is 0.198 e. The lowest BCUT2D eigenvalue weighted by Gasteiger charge is -1.98. The van der Waals surface area contributed by atoms with E-state index in [9.17, 15) is 4.79 Å². The Bertz CT molecular complexity index is 268. The molecule has 66 valence electrons. The third kappa shape index (κ3) is 1.92. The molecular formula is C8H12N2O2. The fourth-order valence-corrected chi connectivity index (χ4v) is 0.986. The Morgan fingerprint density at radius 1 is 1.75 bits per heavy atom. The van der Waals surface area contributed by atoms with Gasteiger partial charge in [0.15, 0.2) is 11.6 Å². The van der Waals surface area contributed by atoms with Crippen molar-refractivity contribution in [2.75, 3.05) is 6.61 Å². The molecular weight excluding hydrogens is 156 g/mol. The van der Waals surface area contributed by atoms with Crippen LogP contribution in [0.4, 0.5) is 0 Å². The summed E-state index contributed by atoms with van der Waals surface area (Å²) in [6.45, 7) is 0.0517. The first-order chi connectivity index (χ1) is 5.75. The highest BCUT2D eigenvalue weighted by Gasteiger charge is 2.09. The lowest BCUT2D eigenvalue weighted by molar-refractivity contribution is 0.0958. The summed E-state index contributed by atoms with van der Waals surface area (Å²) in [4.78, 5) is 15.2. The molecule has 0 saturated carbocycles. The molecule has 0 radical (unpaired) electrons. The van der Waals surface area contributed by atoms with Crippen LogP contribution < -0.4 is 0 Å². The number of carbonyl (C=O) groups excluding carboxylic acids is 1. The molecule has 0 aromatic carbocycles. The number of imidazole rings is 1. The van der Waals surface area contributed by atoms with E-state index in [-0.39, 0.29) is 12.4 Å². The number of aliphatic hydroxyl groups excluding tert-OH is 1. The number of hydrogen-bond acceptors (Lipinski definition) is 3. The fraction of sp³-hybridized carbons (Fsp3) is 0.500. The number of Topliss-reactive ketones (excluding diaryl/α,β-unsaturated/α-hetero) is 1. The van der Waals surface area contributed by atoms with Gasteiger partial charge in [-0.3, -0.25) is 4.79 Å². The Hall–Kier alpha value is -1.16. The predicted molar refractivity (Wildman–Crippen MR) is 43.9 cm³/mol. The molecule has 0 spiro atoms. The van der Waals surface area contributed by atoms with E-state index in [0.717, 1.165) is 0 Å². The molecule has 1 aromatic rings. The molecule has 0 aliphatic heterocycles. The number of nitrogens with zero attached hydrogens (tertiary/aromatic N) is 2. The average molecular weight is 168 g/mol. The molecule has 0 atom stereocenters. The standard InChI is InChI=1S/C8H12N2O2/c1-10-5-4-9-8(10)7(12)3-2-6-11/h4-5,11H,2-3,6H2,1H3. The monoisotopic (exact) mass is 168 g/mol. The van der Waals surface area contributed by atoms with E-state index < -0.39 is 0 Å². The van der Waals surface area contributed by atoms with Gasteiger partial charge in [0.05, 0.1) is 0 Å². The van der Waals surface area contributed by atoms with Gasteiger partial charge < -0.3 is 9.67 Å². The second-order valence-corrected chi connectivity index (χ2v) is 2.61. The Morgan fingerprint density at radius 2 is 2.50 bits per heavy atom. The molecule has 4 heteroatoms. The topological polar surface area (TPSA) is 55.1 Å². The minimum Gasteiger partial charge on any atom is -0.396 e. The van der Waals surface area contributed by atoms with Crippen molar-refractivity contribution in [2.45, 2.75) is 12.8 Å². The Kier molecular flexibility index (Phi) is 2.99. The summed E-state index contributed by atoms with van der Waals surface area (Å²) < 4.78 is 1.68. The van der Waals surface area contributed by atoms with Gasteiger partial charge in [0.1, 0.15) is 0 Å². The van der Waals surface area contributed by atoms with Gasteiger partial charge in [0.25, 0.3) is 0 Å². The molecule has 0 aliphatic rings. The van der Waals surface area contributed by atoms with Crippen LogP contribution in [0.1, 0.15) is 23.5 Å². The number of carbonyl (C=O) groups is 1. The third-order valence-electron chi connectivity index (χ3n) is 1.63. The molecule has 1 heterocycles. The maximum absolute atomic E-state index is 11.3. The first-order valence-electron chi connectivity index (χ1n) is 3.87. The van der Waals surface area contributed by atoms with Crippen molar-refractivity contribution < 1.29 is 9.90 Å². The van der Waals surface area contributed by atoms with Crippen LogP contribution in [-0.4, -0.2) is 27.0 Å². The summed E-state index contributed by atoms with van der Waals surface area (Å²) in [7, 11) is 1.78. The zero-order chi connectivity index (χ0) is 8.97. The van der Waals surface area contributed by atoms with Crippen LogP contribution in [0, 0.1) is 0 Å². The Labute approximate surface area is 70.9 Å². The van der Waals surface area contributed by atoms with Gasteiger partial charge in [-0.25, -0.2) is 4.98 Å². The van der Waals surface area contributed by atoms with Crippen molar-refractivity contribution in [1.82, 2.24) is 9.55 Å². The number of aromatic nitrogens is 2. The van der Waals surface area contributed by atoms with Crippen LogP contribution in [0.2, 0.25) is 0 Å². The summed E-state index contributed by atoms with van der Waals surface area (Å²) in [5.41, 5.74) is 0. The van der Waals surface area contributed by atoms with Crippen LogP contribution in [0.15, 0.2) is 12.4 Å². The van der Waals surface area contributed by atoms with Gasteiger partial charge in [-0.05, 0) is 6.42 Å². The first-order valence-corrected chi connectivity index (χ1v) is 3.87. The van der Waals surface area contributed by atoms with E-state index in [1.807, 2.05) is 0 Å². The van der Waals surface area contributed by atoms with Crippen molar-refractivity contribution in [1.29, 1.82) is 0 Å². The highest BCUT2D eigenvalue weighted by Crippen LogP contribution is 2.01. The largest absolute Gasteiger partial charge is 0.396 e. The molecule has 1 aromatic heterocycles. The predicted octanol–water partition coefficient (Wildman–Crippen LogP) is 0.375. The van der Waals surface area contributed by atoms with Crippen LogP contribution in [0.3, 0.4) is 0 Å². The summed E-state index contributed by atoms with van der Waals surface area (Å²) in [6.07, 6.45) is 4.19. The van der Waals surface area contributed by atoms with E-state index in [2.05, 4.69) is 4.98 Å². The van der Waals surface area contributed by atoms with Gasteiger partial charge in [0, 0.05) is 32.5 Å². The Balaban J connectivity index is 2.59. The van der Waals surface area contributed by atoms with Gasteiger partial charge in [-0.1, -0.05) is 0 Å². The SMILES string of the molecule is Cn1ccnc1C(=O)CCCO. The average Bonchev–Trinajstić information content (AvgIpc) is 2.47. The van der Waals surface area contributed by atoms with Crippen molar-refractivity contribution in [3.63, 3.8) is 0 Å². The molecule has 0 aliphatic carbocycles. The highest BCUT2D eigenvalue weighted by molar-refractivity contribution is 5.92. The van der Waals surface area contributed by atoms with E-state index >= 15 is 0 Å². The summed E-state index contributed by atoms with van der Waals surface area (Å²) in [5, 5.41) is 8.50. The molecule has 12 heavy (non-hydrogen) atoms. The van der Waals surface area contributed by atoms with Crippen LogP contribution in [0.5, 0.6) is 0 Å². The molecule has 0 saturated heterocycles. The van der Waals surface area contributed by atoms with E-state index in [1.165, 1.54) is 0 Å². The van der Waals surface area contributed by atoms with E-state index in [0.29, 0.717) is 18.7 Å². The van der Waals surface area contributed by atoms with Gasteiger partial charge in [0.2, 0.25) is 0 Å². The van der Waals surface area contributed by atoms with Crippen LogP contribution >= 0.6 is 0 Å². The molecule has 4 nitrogen and oxygen atoms in total. The first kappa shape index (κ1) is 8.93. The van der Waals surface area contributed by atoms with Gasteiger partial charge >= 0.3 is 0 Å². The van der Waals surface area contributed by atoms with Crippen molar-refractivity contribution >= 4 is 5.78 Å². The number of aliphatic hydroxyl groups is 1. The number of rotatable bonds is 4. The minimum absolute atomic E-state index is 0.0171. The normalized spacial score (nSPS) is 10.2. The summed E-state index contributed by atoms with van der Waals surface area (Å²) in [5.74, 6) is 0.444. The second-order valence-electron chi connectivity index (χ2n) is 2.61. The molecule has 1 rings (SSSR count). The quantitative estimate of drug-likeness (QED) is 0.661. The lowest BCUT2D eigenvalue weighted by Crippen LogP contribution is -2.07. The Morgan fingerprint density at radius 3 is 3.00 bits per heavy atom. The molecule has 0 fully saturated rings. The van der Waals surface area contributed by atoms with E-state index in [1.54, 1.807) is 24.0 Å². The molecule has 1 N–H and O–H groups in total. The smallest absolute Gasteiger partial charge is 0.198 e. The van der Waals surface area contributed by atoms with Crippen LogP contribution in [0.25, 0.3) is 0 Å². The lowest BCUT2D eigenvalue weighted by atomic mass is 10.2. The fourth-order valence-electron chi connectivity index (χ4n) is 0.986. The number of aryl methyl sites for hydroxylation is 1. The summed E-state index contributed by atoms with van der Waals surface area (Å²) in [6, 6.07) is 0. The molecule has 0 unspecified atom stereocenters. The van der Waals surface area contributed by atoms with Crippen molar-refractivity contribution in [3.05, 3.63) is 18.2 Å². The maximum atomic E-state index is 11.3. The minimum atomic E-state index is -0.0171. The van der Waals surface area contributed by atoms with E-state index in [4.69, 9.17) is 5.11 Å². The third-order valence-corrected chi connectivity index (χ3v) is 1.63. The van der Waals surface area contributed by atoms with Gasteiger partial charge in [-0.15, -0.1) is 0 Å². The van der Waals surface area contributed by atoms with Crippen molar-refractivity contribution in [2.24, 2.45) is 7.05 Å². The van der Waals surface area contributed by atoms with Crippen LogP contribution in [-0.2, 0) is 7.05 Å². The highest BCUT2D eigenvalue weighted by atomic mass is 16.3. The number of hydrogen-bond donors (Lipinski definition) is 1. The summed E-state index contributed by atoms with van der Waals surface area (Å²) >= 11 is 0. The zero-order valence-electron chi connectivity index (χ0n) is 7.03. The van der Waals surface area contributed by atoms with Gasteiger partial charge in [-0.2, -0.15) is 0 Å². The molecule has 0 amide bonds. The number of ketones is 1. The second kappa shape index (κ2) is 4.01. The molecule has 0 bridgehead atoms. The van der Waals surface area contributed by atoms with Crippen molar-refractivity contribution in [3.8, 4) is 0 Å². The zero-order valence-corrected chi connectivity index (χ0v) is 7.03.